The van der Waals surface area contributed by atoms with Gasteiger partial charge in [-0.1, -0.05) is 48.0 Å². The second-order valence-electron chi connectivity index (χ2n) is 7.24. The number of carbonyl (C=O) groups excluding carboxylic acids is 1. The third-order valence-corrected chi connectivity index (χ3v) is 6.53. The molecule has 0 aromatic heterocycles. The van der Waals surface area contributed by atoms with Crippen molar-refractivity contribution in [3.05, 3.63) is 89.7 Å². The van der Waals surface area contributed by atoms with Crippen LogP contribution in [0.25, 0.3) is 0 Å². The SMILES string of the molecule is Cc1ccc(OCCNC(=O)CN(c2ccccc2F)S(=O)(=O)c2ccccc2)c(C)c1. The molecular formula is C24H25FN2O4S. The van der Waals surface area contributed by atoms with E-state index in [1.165, 1.54) is 30.3 Å². The largest absolute Gasteiger partial charge is 0.491 e. The molecule has 0 saturated heterocycles. The van der Waals surface area contributed by atoms with E-state index in [2.05, 4.69) is 5.32 Å². The lowest BCUT2D eigenvalue weighted by Gasteiger charge is -2.24. The summed E-state index contributed by atoms with van der Waals surface area (Å²) in [5.74, 6) is -0.598. The molecule has 1 amide bonds. The van der Waals surface area contributed by atoms with Crippen LogP contribution in [0.3, 0.4) is 0 Å². The van der Waals surface area contributed by atoms with Gasteiger partial charge in [-0.25, -0.2) is 12.8 Å². The van der Waals surface area contributed by atoms with Gasteiger partial charge < -0.3 is 10.1 Å². The Morgan fingerprint density at radius 1 is 1.00 bits per heavy atom. The highest BCUT2D eigenvalue weighted by molar-refractivity contribution is 7.92. The molecule has 0 aliphatic carbocycles. The van der Waals surface area contributed by atoms with Crippen LogP contribution in [-0.4, -0.2) is 34.0 Å². The molecule has 0 radical (unpaired) electrons. The Kier molecular flexibility index (Phi) is 7.48. The molecule has 1 N–H and O–H groups in total. The van der Waals surface area contributed by atoms with E-state index in [0.717, 1.165) is 21.5 Å². The summed E-state index contributed by atoms with van der Waals surface area (Å²) >= 11 is 0. The number of halogens is 1. The van der Waals surface area contributed by atoms with Crippen molar-refractivity contribution in [3.8, 4) is 5.75 Å². The second kappa shape index (κ2) is 10.3. The van der Waals surface area contributed by atoms with Crippen molar-refractivity contribution in [2.75, 3.05) is 24.0 Å². The summed E-state index contributed by atoms with van der Waals surface area (Å²) in [5, 5.41) is 2.63. The smallest absolute Gasteiger partial charge is 0.264 e. The normalized spacial score (nSPS) is 11.1. The maximum atomic E-state index is 14.4. The first-order chi connectivity index (χ1) is 15.3. The Balaban J connectivity index is 1.69. The third-order valence-electron chi connectivity index (χ3n) is 4.75. The average Bonchev–Trinajstić information content (AvgIpc) is 2.77. The van der Waals surface area contributed by atoms with Gasteiger partial charge in [-0.3, -0.25) is 9.10 Å². The van der Waals surface area contributed by atoms with Gasteiger partial charge in [0, 0.05) is 0 Å². The summed E-state index contributed by atoms with van der Waals surface area (Å²) in [6.45, 7) is 3.73. The van der Waals surface area contributed by atoms with Crippen LogP contribution >= 0.6 is 0 Å². The second-order valence-corrected chi connectivity index (χ2v) is 9.11. The molecular weight excluding hydrogens is 431 g/mol. The fourth-order valence-electron chi connectivity index (χ4n) is 3.17. The minimum Gasteiger partial charge on any atom is -0.491 e. The molecule has 0 spiro atoms. The monoisotopic (exact) mass is 456 g/mol. The van der Waals surface area contributed by atoms with Crippen LogP contribution < -0.4 is 14.4 Å². The lowest BCUT2D eigenvalue weighted by molar-refractivity contribution is -0.119. The van der Waals surface area contributed by atoms with Crippen LogP contribution in [0.15, 0.2) is 77.7 Å². The van der Waals surface area contributed by atoms with Crippen molar-refractivity contribution in [2.45, 2.75) is 18.7 Å². The fraction of sp³-hybridized carbons (Fsp3) is 0.208. The number of sulfonamides is 1. The lowest BCUT2D eigenvalue weighted by atomic mass is 10.1. The molecule has 168 valence electrons. The molecule has 0 aliphatic heterocycles. The van der Waals surface area contributed by atoms with Crippen molar-refractivity contribution in [1.82, 2.24) is 5.32 Å². The maximum Gasteiger partial charge on any atom is 0.264 e. The zero-order valence-electron chi connectivity index (χ0n) is 17.9. The molecule has 32 heavy (non-hydrogen) atoms. The molecule has 0 bridgehead atoms. The summed E-state index contributed by atoms with van der Waals surface area (Å²) in [4.78, 5) is 12.5. The van der Waals surface area contributed by atoms with E-state index < -0.39 is 28.3 Å². The predicted octanol–water partition coefficient (Wildman–Crippen LogP) is 3.83. The average molecular weight is 457 g/mol. The zero-order valence-corrected chi connectivity index (χ0v) is 18.7. The number of aryl methyl sites for hydroxylation is 2. The first-order valence-corrected chi connectivity index (χ1v) is 11.5. The van der Waals surface area contributed by atoms with E-state index in [1.54, 1.807) is 18.2 Å². The molecule has 0 fully saturated rings. The number of ether oxygens (including phenoxy) is 1. The highest BCUT2D eigenvalue weighted by Gasteiger charge is 2.28. The van der Waals surface area contributed by atoms with Crippen molar-refractivity contribution in [2.24, 2.45) is 0 Å². The van der Waals surface area contributed by atoms with Crippen molar-refractivity contribution < 1.29 is 22.3 Å². The van der Waals surface area contributed by atoms with Gasteiger partial charge in [0.2, 0.25) is 5.91 Å². The van der Waals surface area contributed by atoms with Gasteiger partial charge in [0.1, 0.15) is 24.7 Å². The van der Waals surface area contributed by atoms with Gasteiger partial charge in [0.05, 0.1) is 17.1 Å². The van der Waals surface area contributed by atoms with E-state index in [-0.39, 0.29) is 23.7 Å². The Bertz CT molecular complexity index is 1180. The summed E-state index contributed by atoms with van der Waals surface area (Å²) in [6, 6.07) is 18.8. The Morgan fingerprint density at radius 3 is 2.38 bits per heavy atom. The molecule has 3 rings (SSSR count). The zero-order chi connectivity index (χ0) is 23.1. The number of nitrogens with one attached hydrogen (secondary N) is 1. The van der Waals surface area contributed by atoms with E-state index in [0.29, 0.717) is 5.75 Å². The molecule has 3 aromatic rings. The maximum absolute atomic E-state index is 14.4. The molecule has 0 aliphatic rings. The van der Waals surface area contributed by atoms with Gasteiger partial charge in [0.25, 0.3) is 10.0 Å². The number of para-hydroxylation sites is 1. The van der Waals surface area contributed by atoms with Gasteiger partial charge in [-0.15, -0.1) is 0 Å². The molecule has 6 nitrogen and oxygen atoms in total. The van der Waals surface area contributed by atoms with E-state index >= 15 is 0 Å². The highest BCUT2D eigenvalue weighted by atomic mass is 32.2. The van der Waals surface area contributed by atoms with Crippen LogP contribution in [-0.2, 0) is 14.8 Å². The number of nitrogens with zero attached hydrogens (tertiary/aromatic N) is 1. The number of benzene rings is 3. The summed E-state index contributed by atoms with van der Waals surface area (Å²) in [5.41, 5.74) is 1.91. The van der Waals surface area contributed by atoms with E-state index in [1.807, 2.05) is 32.0 Å². The Labute approximate surface area is 187 Å². The van der Waals surface area contributed by atoms with Gasteiger partial charge in [-0.05, 0) is 49.7 Å². The highest BCUT2D eigenvalue weighted by Crippen LogP contribution is 2.26. The fourth-order valence-corrected chi connectivity index (χ4v) is 4.62. The molecule has 0 unspecified atom stereocenters. The molecule has 3 aromatic carbocycles. The van der Waals surface area contributed by atoms with Crippen LogP contribution in [0.2, 0.25) is 0 Å². The van der Waals surface area contributed by atoms with E-state index in [9.17, 15) is 17.6 Å². The first-order valence-electron chi connectivity index (χ1n) is 10.1. The Morgan fingerprint density at radius 2 is 1.69 bits per heavy atom. The van der Waals surface area contributed by atoms with Crippen LogP contribution in [0, 0.1) is 19.7 Å². The molecule has 0 heterocycles. The lowest BCUT2D eigenvalue weighted by Crippen LogP contribution is -2.42. The standard InChI is InChI=1S/C24H25FN2O4S/c1-18-12-13-23(19(2)16-18)31-15-14-26-24(28)17-27(22-11-7-6-10-21(22)25)32(29,30)20-8-4-3-5-9-20/h3-13,16H,14-15,17H2,1-2H3,(H,26,28). The summed E-state index contributed by atoms with van der Waals surface area (Å²) < 4.78 is 47.2. The quantitative estimate of drug-likeness (QED) is 0.497. The van der Waals surface area contributed by atoms with E-state index in [4.69, 9.17) is 4.74 Å². The number of carbonyl (C=O) groups is 1. The summed E-state index contributed by atoms with van der Waals surface area (Å²) in [6.07, 6.45) is 0. The minimum absolute atomic E-state index is 0.0331. The molecule has 0 saturated carbocycles. The Hall–Kier alpha value is -3.39. The van der Waals surface area contributed by atoms with Crippen molar-refractivity contribution in [3.63, 3.8) is 0 Å². The first kappa shape index (κ1) is 23.3. The number of rotatable bonds is 9. The van der Waals surface area contributed by atoms with Crippen LogP contribution in [0.4, 0.5) is 10.1 Å². The van der Waals surface area contributed by atoms with Crippen molar-refractivity contribution >= 4 is 21.6 Å². The molecule has 8 heteroatoms. The van der Waals surface area contributed by atoms with Crippen LogP contribution in [0.5, 0.6) is 5.75 Å². The predicted molar refractivity (Wildman–Crippen MR) is 122 cm³/mol. The molecule has 0 atom stereocenters. The number of hydrogen-bond donors (Lipinski definition) is 1. The van der Waals surface area contributed by atoms with Crippen molar-refractivity contribution in [1.29, 1.82) is 0 Å². The van der Waals surface area contributed by atoms with Gasteiger partial charge in [0.15, 0.2) is 0 Å². The van der Waals surface area contributed by atoms with Crippen LogP contribution in [0.1, 0.15) is 11.1 Å². The number of amides is 1. The van der Waals surface area contributed by atoms with Gasteiger partial charge in [-0.2, -0.15) is 0 Å². The number of hydrogen-bond acceptors (Lipinski definition) is 4. The van der Waals surface area contributed by atoms with Gasteiger partial charge >= 0.3 is 0 Å². The number of anilines is 1. The topological polar surface area (TPSA) is 75.7 Å². The summed E-state index contributed by atoms with van der Waals surface area (Å²) in [7, 11) is -4.15. The third kappa shape index (κ3) is 5.64. The minimum atomic E-state index is -4.15.